The molecule has 0 aliphatic carbocycles. The van der Waals surface area contributed by atoms with E-state index in [1.165, 1.54) is 17.8 Å². The fourth-order valence-electron chi connectivity index (χ4n) is 1.56. The van der Waals surface area contributed by atoms with E-state index in [0.29, 0.717) is 23.6 Å². The van der Waals surface area contributed by atoms with Crippen molar-refractivity contribution in [2.45, 2.75) is 16.3 Å². The Bertz CT molecular complexity index is 531. The molecule has 18 heavy (non-hydrogen) atoms. The number of nitrogens with two attached hydrogens (primary N) is 1. The summed E-state index contributed by atoms with van der Waals surface area (Å²) in [6.45, 7) is 0.419. The number of pyridine rings is 1. The summed E-state index contributed by atoms with van der Waals surface area (Å²) in [4.78, 5) is 5.02. The van der Waals surface area contributed by atoms with Crippen molar-refractivity contribution < 1.29 is 4.39 Å². The molecule has 0 saturated carbocycles. The zero-order valence-electron chi connectivity index (χ0n) is 9.57. The lowest BCUT2D eigenvalue weighted by molar-refractivity contribution is 0.603. The molecule has 2 nitrogen and oxygen atoms in total. The molecule has 0 radical (unpaired) electrons. The molecule has 0 bridgehead atoms. The molecule has 1 aromatic carbocycles. The Morgan fingerprint density at radius 2 is 2.11 bits per heavy atom. The summed E-state index contributed by atoms with van der Waals surface area (Å²) in [5.41, 5.74) is 6.14. The number of halogens is 2. The van der Waals surface area contributed by atoms with Crippen LogP contribution in [0.15, 0.2) is 46.5 Å². The number of nitrogens with zero attached hydrogens (tertiary/aromatic N) is 1. The van der Waals surface area contributed by atoms with E-state index in [4.69, 9.17) is 17.3 Å². The third-order valence-electron chi connectivity index (χ3n) is 2.38. The van der Waals surface area contributed by atoms with Gasteiger partial charge in [0, 0.05) is 16.7 Å². The minimum atomic E-state index is -0.223. The highest BCUT2D eigenvalue weighted by Crippen LogP contribution is 2.31. The van der Waals surface area contributed by atoms with Crippen LogP contribution in [-0.4, -0.2) is 11.5 Å². The van der Waals surface area contributed by atoms with E-state index in [2.05, 4.69) is 4.98 Å². The predicted octanol–water partition coefficient (Wildman–Crippen LogP) is 3.53. The van der Waals surface area contributed by atoms with Gasteiger partial charge in [-0.1, -0.05) is 29.4 Å². The van der Waals surface area contributed by atoms with Gasteiger partial charge in [0.1, 0.15) is 10.8 Å². The summed E-state index contributed by atoms with van der Waals surface area (Å²) >= 11 is 7.18. The van der Waals surface area contributed by atoms with E-state index in [0.717, 1.165) is 9.92 Å². The first-order valence-corrected chi connectivity index (χ1v) is 6.67. The van der Waals surface area contributed by atoms with Crippen LogP contribution in [0.25, 0.3) is 0 Å². The average Bonchev–Trinajstić information content (AvgIpc) is 2.36. The van der Waals surface area contributed by atoms with Gasteiger partial charge in [0.05, 0.1) is 5.02 Å². The van der Waals surface area contributed by atoms with Gasteiger partial charge >= 0.3 is 0 Å². The quantitative estimate of drug-likeness (QED) is 0.932. The summed E-state index contributed by atoms with van der Waals surface area (Å²) in [5, 5.41) is 1.36. The van der Waals surface area contributed by atoms with Crippen molar-refractivity contribution in [2.75, 3.05) is 6.54 Å². The number of aromatic nitrogens is 1. The van der Waals surface area contributed by atoms with Crippen molar-refractivity contribution in [1.82, 2.24) is 4.98 Å². The van der Waals surface area contributed by atoms with Crippen LogP contribution in [0, 0.1) is 5.82 Å². The molecule has 0 spiro atoms. The second-order valence-corrected chi connectivity index (χ2v) is 5.17. The van der Waals surface area contributed by atoms with Crippen molar-refractivity contribution in [1.29, 1.82) is 0 Å². The smallest absolute Gasteiger partial charge is 0.127 e. The maximum atomic E-state index is 13.7. The molecule has 2 aromatic rings. The molecule has 0 amide bonds. The molecule has 94 valence electrons. The highest BCUT2D eigenvalue weighted by Gasteiger charge is 2.09. The van der Waals surface area contributed by atoms with E-state index < -0.39 is 0 Å². The number of hydrogen-bond donors (Lipinski definition) is 1. The van der Waals surface area contributed by atoms with Crippen LogP contribution >= 0.6 is 23.4 Å². The topological polar surface area (TPSA) is 38.9 Å². The normalized spacial score (nSPS) is 10.6. The van der Waals surface area contributed by atoms with Crippen molar-refractivity contribution in [3.05, 3.63) is 52.9 Å². The molecule has 0 unspecified atom stereocenters. The molecule has 0 atom stereocenters. The van der Waals surface area contributed by atoms with E-state index in [1.807, 2.05) is 12.1 Å². The Labute approximate surface area is 114 Å². The summed E-state index contributed by atoms with van der Waals surface area (Å²) < 4.78 is 13.7. The third kappa shape index (κ3) is 3.22. The second kappa shape index (κ2) is 6.18. The van der Waals surface area contributed by atoms with Crippen molar-refractivity contribution >= 4 is 23.4 Å². The number of hydrogen-bond acceptors (Lipinski definition) is 3. The molecule has 1 heterocycles. The van der Waals surface area contributed by atoms with Crippen molar-refractivity contribution in [2.24, 2.45) is 5.73 Å². The lowest BCUT2D eigenvalue weighted by atomic mass is 10.1. The summed E-state index contributed by atoms with van der Waals surface area (Å²) in [7, 11) is 0. The Morgan fingerprint density at radius 3 is 2.78 bits per heavy atom. The fraction of sp³-hybridized carbons (Fsp3) is 0.154. The third-order valence-corrected chi connectivity index (χ3v) is 3.66. The van der Waals surface area contributed by atoms with Gasteiger partial charge in [0.25, 0.3) is 0 Å². The van der Waals surface area contributed by atoms with Gasteiger partial charge in [-0.15, -0.1) is 0 Å². The molecule has 2 rings (SSSR count). The van der Waals surface area contributed by atoms with Gasteiger partial charge < -0.3 is 5.73 Å². The molecular formula is C13H12ClFN2S. The Morgan fingerprint density at radius 1 is 1.28 bits per heavy atom. The highest BCUT2D eigenvalue weighted by atomic mass is 35.5. The SMILES string of the molecule is NCCc1c(F)cccc1Sc1ccc(Cl)cn1. The minimum absolute atomic E-state index is 0.223. The molecule has 0 saturated heterocycles. The minimum Gasteiger partial charge on any atom is -0.330 e. The summed E-state index contributed by atoms with van der Waals surface area (Å²) in [5.74, 6) is -0.223. The average molecular weight is 283 g/mol. The summed E-state index contributed by atoms with van der Waals surface area (Å²) in [6.07, 6.45) is 2.09. The van der Waals surface area contributed by atoms with Crippen molar-refractivity contribution in [3.63, 3.8) is 0 Å². The predicted molar refractivity (Wildman–Crippen MR) is 72.5 cm³/mol. The van der Waals surface area contributed by atoms with Gasteiger partial charge in [-0.2, -0.15) is 0 Å². The molecular weight excluding hydrogens is 271 g/mol. The lowest BCUT2D eigenvalue weighted by Gasteiger charge is -2.08. The van der Waals surface area contributed by atoms with Crippen LogP contribution in [0.3, 0.4) is 0 Å². The molecule has 0 aliphatic heterocycles. The number of rotatable bonds is 4. The Hall–Kier alpha value is -1.10. The fourth-order valence-corrected chi connectivity index (χ4v) is 2.60. The second-order valence-electron chi connectivity index (χ2n) is 3.67. The van der Waals surface area contributed by atoms with Crippen LogP contribution in [0.2, 0.25) is 5.02 Å². The Balaban J connectivity index is 2.28. The van der Waals surface area contributed by atoms with Crippen LogP contribution in [0.4, 0.5) is 4.39 Å². The molecule has 2 N–H and O–H groups in total. The molecule has 0 aliphatic rings. The largest absolute Gasteiger partial charge is 0.330 e. The van der Waals surface area contributed by atoms with E-state index >= 15 is 0 Å². The van der Waals surface area contributed by atoms with Crippen LogP contribution in [-0.2, 0) is 6.42 Å². The van der Waals surface area contributed by atoms with Gasteiger partial charge in [0.2, 0.25) is 0 Å². The number of benzene rings is 1. The summed E-state index contributed by atoms with van der Waals surface area (Å²) in [6, 6.07) is 8.58. The molecule has 5 heteroatoms. The van der Waals surface area contributed by atoms with Gasteiger partial charge in [0.15, 0.2) is 0 Å². The first kappa shape index (κ1) is 13.3. The maximum absolute atomic E-state index is 13.7. The van der Waals surface area contributed by atoms with Crippen LogP contribution in [0.1, 0.15) is 5.56 Å². The zero-order valence-corrected chi connectivity index (χ0v) is 11.1. The first-order chi connectivity index (χ1) is 8.70. The van der Waals surface area contributed by atoms with Gasteiger partial charge in [-0.05, 0) is 37.2 Å². The van der Waals surface area contributed by atoms with Crippen LogP contribution in [0.5, 0.6) is 0 Å². The highest BCUT2D eigenvalue weighted by molar-refractivity contribution is 7.99. The standard InChI is InChI=1S/C13H12ClFN2S/c14-9-4-5-13(17-8-9)18-12-3-1-2-11(15)10(12)6-7-16/h1-5,8H,6-7,16H2. The monoisotopic (exact) mass is 282 g/mol. The molecule has 0 fully saturated rings. The van der Waals surface area contributed by atoms with Crippen molar-refractivity contribution in [3.8, 4) is 0 Å². The van der Waals surface area contributed by atoms with E-state index in [-0.39, 0.29) is 5.82 Å². The molecule has 1 aromatic heterocycles. The zero-order chi connectivity index (χ0) is 13.0. The van der Waals surface area contributed by atoms with Gasteiger partial charge in [-0.3, -0.25) is 0 Å². The lowest BCUT2D eigenvalue weighted by Crippen LogP contribution is -2.05. The first-order valence-electron chi connectivity index (χ1n) is 5.47. The van der Waals surface area contributed by atoms with E-state index in [9.17, 15) is 4.39 Å². The Kier molecular flexibility index (Phi) is 4.58. The maximum Gasteiger partial charge on any atom is 0.127 e. The van der Waals surface area contributed by atoms with Crippen LogP contribution < -0.4 is 5.73 Å². The van der Waals surface area contributed by atoms with E-state index in [1.54, 1.807) is 18.3 Å². The van der Waals surface area contributed by atoms with Gasteiger partial charge in [-0.25, -0.2) is 9.37 Å².